The standard InChI is InChI=1S/C10H19N5O2/c1-10(2,8(16)12-3)6-13-9-15-14-7(17-9)4-5-11/h4-6,11H2,1-3H3,(H,12,16)(H,13,15). The minimum Gasteiger partial charge on any atom is -0.408 e. The van der Waals surface area contributed by atoms with Gasteiger partial charge in [-0.25, -0.2) is 0 Å². The minimum atomic E-state index is -0.544. The molecule has 0 radical (unpaired) electrons. The van der Waals surface area contributed by atoms with Gasteiger partial charge in [-0.05, 0) is 13.8 Å². The Labute approximate surface area is 100 Å². The van der Waals surface area contributed by atoms with E-state index >= 15 is 0 Å². The van der Waals surface area contributed by atoms with Crippen molar-refractivity contribution in [3.05, 3.63) is 5.89 Å². The zero-order chi connectivity index (χ0) is 12.9. The third kappa shape index (κ3) is 3.70. The molecule has 0 fully saturated rings. The molecule has 7 heteroatoms. The Kier molecular flexibility index (Phi) is 4.45. The van der Waals surface area contributed by atoms with E-state index in [4.69, 9.17) is 10.2 Å². The maximum atomic E-state index is 11.5. The number of nitrogens with two attached hydrogens (primary N) is 1. The van der Waals surface area contributed by atoms with Crippen LogP contribution >= 0.6 is 0 Å². The molecule has 0 aliphatic carbocycles. The van der Waals surface area contributed by atoms with Crippen molar-refractivity contribution in [3.63, 3.8) is 0 Å². The molecule has 0 aliphatic rings. The van der Waals surface area contributed by atoms with Gasteiger partial charge in [-0.1, -0.05) is 5.10 Å². The number of rotatable bonds is 6. The van der Waals surface area contributed by atoms with Crippen LogP contribution < -0.4 is 16.4 Å². The zero-order valence-electron chi connectivity index (χ0n) is 10.4. The van der Waals surface area contributed by atoms with Crippen molar-refractivity contribution in [1.82, 2.24) is 15.5 Å². The van der Waals surface area contributed by atoms with Crippen molar-refractivity contribution in [1.29, 1.82) is 0 Å². The van der Waals surface area contributed by atoms with Crippen LogP contribution in [0.15, 0.2) is 4.42 Å². The first kappa shape index (κ1) is 13.4. The molecule has 0 unspecified atom stereocenters. The molecule has 1 amide bonds. The number of aromatic nitrogens is 2. The Hall–Kier alpha value is -1.63. The van der Waals surface area contributed by atoms with E-state index in [0.717, 1.165) is 0 Å². The molecule has 0 saturated carbocycles. The summed E-state index contributed by atoms with van der Waals surface area (Å²) < 4.78 is 5.29. The highest BCUT2D eigenvalue weighted by atomic mass is 16.4. The fourth-order valence-corrected chi connectivity index (χ4v) is 1.26. The predicted octanol–water partition coefficient (Wildman–Crippen LogP) is -0.245. The Bertz CT molecular complexity index is 375. The summed E-state index contributed by atoms with van der Waals surface area (Å²) in [6.45, 7) is 4.54. The number of carbonyl (C=O) groups excluding carboxylic acids is 1. The lowest BCUT2D eigenvalue weighted by Crippen LogP contribution is -2.39. The van der Waals surface area contributed by atoms with Gasteiger partial charge in [0.05, 0.1) is 5.41 Å². The Morgan fingerprint density at radius 3 is 2.76 bits per heavy atom. The highest BCUT2D eigenvalue weighted by Gasteiger charge is 2.26. The van der Waals surface area contributed by atoms with Gasteiger partial charge in [-0.15, -0.1) is 5.10 Å². The van der Waals surface area contributed by atoms with Gasteiger partial charge in [-0.3, -0.25) is 4.79 Å². The Balaban J connectivity index is 2.51. The minimum absolute atomic E-state index is 0.0494. The van der Waals surface area contributed by atoms with Crippen LogP contribution in [0.1, 0.15) is 19.7 Å². The van der Waals surface area contributed by atoms with E-state index in [1.54, 1.807) is 7.05 Å². The van der Waals surface area contributed by atoms with E-state index in [2.05, 4.69) is 20.8 Å². The average Bonchev–Trinajstić information content (AvgIpc) is 2.74. The SMILES string of the molecule is CNC(=O)C(C)(C)CNc1nnc(CCN)o1. The molecule has 0 atom stereocenters. The van der Waals surface area contributed by atoms with Crippen molar-refractivity contribution < 1.29 is 9.21 Å². The molecule has 0 spiro atoms. The van der Waals surface area contributed by atoms with Crippen molar-refractivity contribution in [2.24, 2.45) is 11.1 Å². The lowest BCUT2D eigenvalue weighted by Gasteiger charge is -2.21. The fraction of sp³-hybridized carbons (Fsp3) is 0.700. The first-order valence-corrected chi connectivity index (χ1v) is 5.48. The number of nitrogens with zero attached hydrogens (tertiary/aromatic N) is 2. The summed E-state index contributed by atoms with van der Waals surface area (Å²) in [5, 5.41) is 13.2. The van der Waals surface area contributed by atoms with Gasteiger partial charge in [-0.2, -0.15) is 0 Å². The second-order valence-corrected chi connectivity index (χ2v) is 4.36. The monoisotopic (exact) mass is 241 g/mol. The molecule has 0 aliphatic heterocycles. The van der Waals surface area contributed by atoms with Crippen molar-refractivity contribution in [2.75, 3.05) is 25.5 Å². The smallest absolute Gasteiger partial charge is 0.315 e. The van der Waals surface area contributed by atoms with Gasteiger partial charge in [0.25, 0.3) is 0 Å². The number of hydrogen-bond acceptors (Lipinski definition) is 6. The third-order valence-electron chi connectivity index (χ3n) is 2.35. The van der Waals surface area contributed by atoms with Crippen LogP contribution in [-0.2, 0) is 11.2 Å². The quantitative estimate of drug-likeness (QED) is 0.634. The summed E-state index contributed by atoms with van der Waals surface area (Å²) in [5.74, 6) is 0.444. The molecular weight excluding hydrogens is 222 g/mol. The van der Waals surface area contributed by atoms with Crippen LogP contribution in [0.25, 0.3) is 0 Å². The predicted molar refractivity (Wildman–Crippen MR) is 63.4 cm³/mol. The zero-order valence-corrected chi connectivity index (χ0v) is 10.4. The van der Waals surface area contributed by atoms with E-state index in [1.165, 1.54) is 0 Å². The highest BCUT2D eigenvalue weighted by Crippen LogP contribution is 2.16. The third-order valence-corrected chi connectivity index (χ3v) is 2.35. The molecule has 7 nitrogen and oxygen atoms in total. The normalized spacial score (nSPS) is 11.3. The summed E-state index contributed by atoms with van der Waals surface area (Å²) >= 11 is 0. The second-order valence-electron chi connectivity index (χ2n) is 4.36. The molecule has 0 bridgehead atoms. The van der Waals surface area contributed by atoms with Crippen LogP contribution in [0, 0.1) is 5.41 Å². The number of anilines is 1. The number of carbonyl (C=O) groups is 1. The van der Waals surface area contributed by atoms with Crippen LogP contribution in [0.3, 0.4) is 0 Å². The summed E-state index contributed by atoms with van der Waals surface area (Å²) in [4.78, 5) is 11.5. The van der Waals surface area contributed by atoms with Crippen LogP contribution in [0.5, 0.6) is 0 Å². The first-order valence-electron chi connectivity index (χ1n) is 5.48. The van der Waals surface area contributed by atoms with Crippen molar-refractivity contribution in [2.45, 2.75) is 20.3 Å². The molecule has 1 rings (SSSR count). The van der Waals surface area contributed by atoms with Gasteiger partial charge in [0, 0.05) is 26.6 Å². The van der Waals surface area contributed by atoms with Gasteiger partial charge >= 0.3 is 6.01 Å². The lowest BCUT2D eigenvalue weighted by atomic mass is 9.92. The summed E-state index contributed by atoms with van der Waals surface area (Å²) in [5.41, 5.74) is 4.83. The summed E-state index contributed by atoms with van der Waals surface area (Å²) in [7, 11) is 1.61. The molecule has 0 aromatic carbocycles. The average molecular weight is 241 g/mol. The van der Waals surface area contributed by atoms with Gasteiger partial charge in [0.15, 0.2) is 0 Å². The lowest BCUT2D eigenvalue weighted by molar-refractivity contribution is -0.128. The maximum Gasteiger partial charge on any atom is 0.315 e. The van der Waals surface area contributed by atoms with Gasteiger partial charge < -0.3 is 20.8 Å². The molecule has 4 N–H and O–H groups in total. The molecule has 17 heavy (non-hydrogen) atoms. The fourth-order valence-electron chi connectivity index (χ4n) is 1.26. The molecule has 0 saturated heterocycles. The summed E-state index contributed by atoms with van der Waals surface area (Å²) in [6.07, 6.45) is 0.549. The van der Waals surface area contributed by atoms with Gasteiger partial charge in [0.1, 0.15) is 0 Å². The van der Waals surface area contributed by atoms with Gasteiger partial charge in [0.2, 0.25) is 11.8 Å². The molecule has 1 heterocycles. The number of amides is 1. The van der Waals surface area contributed by atoms with Crippen LogP contribution in [-0.4, -0.2) is 36.2 Å². The highest BCUT2D eigenvalue weighted by molar-refractivity contribution is 5.82. The second kappa shape index (κ2) is 5.62. The van der Waals surface area contributed by atoms with E-state index in [1.807, 2.05) is 13.8 Å². The largest absolute Gasteiger partial charge is 0.408 e. The Morgan fingerprint density at radius 1 is 1.47 bits per heavy atom. The maximum absolute atomic E-state index is 11.5. The molecular formula is C10H19N5O2. The first-order chi connectivity index (χ1) is 7.99. The molecule has 1 aromatic rings. The van der Waals surface area contributed by atoms with Crippen molar-refractivity contribution in [3.8, 4) is 0 Å². The summed E-state index contributed by atoms with van der Waals surface area (Å²) in [6, 6.07) is 0.311. The molecule has 1 aromatic heterocycles. The Morgan fingerprint density at radius 2 is 2.18 bits per heavy atom. The number of hydrogen-bond donors (Lipinski definition) is 3. The van der Waals surface area contributed by atoms with Crippen LogP contribution in [0.4, 0.5) is 6.01 Å². The van der Waals surface area contributed by atoms with E-state index in [9.17, 15) is 4.79 Å². The van der Waals surface area contributed by atoms with E-state index in [0.29, 0.717) is 31.4 Å². The number of nitrogens with one attached hydrogen (secondary N) is 2. The van der Waals surface area contributed by atoms with Crippen molar-refractivity contribution >= 4 is 11.9 Å². The van der Waals surface area contributed by atoms with E-state index < -0.39 is 5.41 Å². The topological polar surface area (TPSA) is 106 Å². The van der Waals surface area contributed by atoms with Crippen LogP contribution in [0.2, 0.25) is 0 Å². The van der Waals surface area contributed by atoms with E-state index in [-0.39, 0.29) is 5.91 Å². The molecule has 96 valence electrons.